The highest BCUT2D eigenvalue weighted by atomic mass is 32.1. The highest BCUT2D eigenvalue weighted by Gasteiger charge is 2.30. The summed E-state index contributed by atoms with van der Waals surface area (Å²) in [6.45, 7) is 11.0. The van der Waals surface area contributed by atoms with Crippen LogP contribution in [0.3, 0.4) is 0 Å². The van der Waals surface area contributed by atoms with Gasteiger partial charge < -0.3 is 5.32 Å². The Hall–Kier alpha value is -2.28. The molecule has 3 aromatic heterocycles. The topological polar surface area (TPSA) is 72.7 Å². The third-order valence-electron chi connectivity index (χ3n) is 5.48. The summed E-state index contributed by atoms with van der Waals surface area (Å²) in [4.78, 5) is 22.5. The van der Waals surface area contributed by atoms with E-state index in [2.05, 4.69) is 36.5 Å². The number of hydrogen-bond donors (Lipinski definition) is 1. The number of carbonyl (C=O) groups excluding carboxylic acids is 1. The maximum Gasteiger partial charge on any atom is 0.252 e. The van der Waals surface area contributed by atoms with Gasteiger partial charge in [-0.25, -0.2) is 14.6 Å². The molecule has 0 bridgehead atoms. The van der Waals surface area contributed by atoms with Crippen LogP contribution in [0.15, 0.2) is 11.4 Å². The molecule has 1 fully saturated rings. The van der Waals surface area contributed by atoms with E-state index in [1.807, 2.05) is 24.6 Å². The van der Waals surface area contributed by atoms with Gasteiger partial charge in [0.2, 0.25) is 0 Å². The molecule has 6 nitrogen and oxygen atoms in total. The average Bonchev–Trinajstić information content (AvgIpc) is 3.37. The van der Waals surface area contributed by atoms with Crippen molar-refractivity contribution in [2.24, 2.45) is 0 Å². The second-order valence-electron chi connectivity index (χ2n) is 9.33. The fourth-order valence-corrected chi connectivity index (χ4v) is 4.58. The Labute approximate surface area is 182 Å². The molecular formula is C23H31N5OS. The number of aromatic nitrogens is 4. The first-order valence-electron chi connectivity index (χ1n) is 10.8. The number of rotatable bonds is 7. The number of aryl methyl sites for hydroxylation is 3. The molecule has 7 heteroatoms. The van der Waals surface area contributed by atoms with Crippen LogP contribution in [0.25, 0.3) is 11.0 Å². The Morgan fingerprint density at radius 2 is 2.00 bits per heavy atom. The summed E-state index contributed by atoms with van der Waals surface area (Å²) in [7, 11) is 0. The lowest BCUT2D eigenvalue weighted by molar-refractivity contribution is 0.0954. The minimum atomic E-state index is -0.191. The van der Waals surface area contributed by atoms with Gasteiger partial charge in [-0.05, 0) is 72.8 Å². The zero-order chi connectivity index (χ0) is 21.5. The van der Waals surface area contributed by atoms with Crippen molar-refractivity contribution in [3.63, 3.8) is 0 Å². The predicted molar refractivity (Wildman–Crippen MR) is 121 cm³/mol. The molecule has 1 aliphatic carbocycles. The summed E-state index contributed by atoms with van der Waals surface area (Å²) in [6.07, 6.45) is 5.23. The fraction of sp³-hybridized carbons (Fsp3) is 0.565. The van der Waals surface area contributed by atoms with Crippen LogP contribution in [0.2, 0.25) is 0 Å². The van der Waals surface area contributed by atoms with Gasteiger partial charge in [0, 0.05) is 29.2 Å². The number of nitrogens with one attached hydrogen (secondary N) is 1. The highest BCUT2D eigenvalue weighted by Crippen LogP contribution is 2.41. The van der Waals surface area contributed by atoms with Crippen molar-refractivity contribution in [1.82, 2.24) is 25.1 Å². The number of nitrogens with zero attached hydrogens (tertiary/aromatic N) is 4. The van der Waals surface area contributed by atoms with Gasteiger partial charge in [-0.3, -0.25) is 4.79 Å². The Morgan fingerprint density at radius 1 is 1.23 bits per heavy atom. The first kappa shape index (κ1) is 21.0. The van der Waals surface area contributed by atoms with Crippen LogP contribution in [0, 0.1) is 13.8 Å². The largest absolute Gasteiger partial charge is 0.352 e. The molecule has 0 spiro atoms. The highest BCUT2D eigenvalue weighted by molar-refractivity contribution is 7.09. The van der Waals surface area contributed by atoms with E-state index in [1.54, 1.807) is 11.3 Å². The minimum Gasteiger partial charge on any atom is -0.352 e. The summed E-state index contributed by atoms with van der Waals surface area (Å²) < 4.78 is 1.97. The van der Waals surface area contributed by atoms with Gasteiger partial charge in [0.15, 0.2) is 5.65 Å². The number of thiazole rings is 1. The fourth-order valence-electron chi connectivity index (χ4n) is 3.76. The predicted octanol–water partition coefficient (Wildman–Crippen LogP) is 4.89. The van der Waals surface area contributed by atoms with Crippen molar-refractivity contribution < 1.29 is 4.79 Å². The molecule has 0 aromatic carbocycles. The maximum absolute atomic E-state index is 13.1. The van der Waals surface area contributed by atoms with Gasteiger partial charge in [-0.15, -0.1) is 11.3 Å². The lowest BCUT2D eigenvalue weighted by atomic mass is 10.1. The van der Waals surface area contributed by atoms with Gasteiger partial charge >= 0.3 is 0 Å². The van der Waals surface area contributed by atoms with Gasteiger partial charge in [0.05, 0.1) is 27.2 Å². The summed E-state index contributed by atoms with van der Waals surface area (Å²) in [6, 6.07) is 2.00. The maximum atomic E-state index is 13.1. The molecule has 30 heavy (non-hydrogen) atoms. The average molecular weight is 426 g/mol. The van der Waals surface area contributed by atoms with Gasteiger partial charge in [-0.1, -0.05) is 0 Å². The molecule has 1 amide bonds. The van der Waals surface area contributed by atoms with Gasteiger partial charge in [0.25, 0.3) is 5.91 Å². The van der Waals surface area contributed by atoms with E-state index >= 15 is 0 Å². The molecule has 1 N–H and O–H groups in total. The first-order chi connectivity index (χ1) is 14.2. The van der Waals surface area contributed by atoms with E-state index in [0.29, 0.717) is 18.0 Å². The quantitative estimate of drug-likeness (QED) is 0.547. The Balaban J connectivity index is 1.50. The van der Waals surface area contributed by atoms with E-state index in [0.717, 1.165) is 60.2 Å². The molecule has 0 radical (unpaired) electrons. The molecule has 0 unspecified atom stereocenters. The van der Waals surface area contributed by atoms with Crippen LogP contribution in [0.5, 0.6) is 0 Å². The second-order valence-corrected chi connectivity index (χ2v) is 10.3. The smallest absolute Gasteiger partial charge is 0.252 e. The lowest BCUT2D eigenvalue weighted by Gasteiger charge is -2.20. The third-order valence-corrected chi connectivity index (χ3v) is 6.50. The van der Waals surface area contributed by atoms with Crippen LogP contribution in [0.1, 0.15) is 84.8 Å². The molecule has 160 valence electrons. The molecule has 0 saturated heterocycles. The second kappa shape index (κ2) is 8.10. The minimum absolute atomic E-state index is 0.0223. The Bertz CT molecular complexity index is 1070. The van der Waals surface area contributed by atoms with Gasteiger partial charge in [-0.2, -0.15) is 5.10 Å². The van der Waals surface area contributed by atoms with Crippen LogP contribution < -0.4 is 5.32 Å². The number of pyridine rings is 1. The molecular weight excluding hydrogens is 394 g/mol. The standard InChI is InChI=1S/C23H31N5OS/c1-14-13-30-19(25-14)8-6-7-11-24-22(29)17-12-18(16-9-10-16)26-21-20(17)15(2)27-28(21)23(3,4)5/h12-13,16H,6-11H2,1-5H3,(H,24,29). The van der Waals surface area contributed by atoms with E-state index in [1.165, 1.54) is 5.01 Å². The Morgan fingerprint density at radius 3 is 2.63 bits per heavy atom. The number of fused-ring (bicyclic) bond motifs is 1. The number of hydrogen-bond acceptors (Lipinski definition) is 5. The molecule has 3 aromatic rings. The monoisotopic (exact) mass is 425 g/mol. The van der Waals surface area contributed by atoms with Crippen molar-refractivity contribution in [2.75, 3.05) is 6.54 Å². The lowest BCUT2D eigenvalue weighted by Crippen LogP contribution is -2.26. The number of carbonyl (C=O) groups is 1. The summed E-state index contributed by atoms with van der Waals surface area (Å²) >= 11 is 1.71. The van der Waals surface area contributed by atoms with Crippen molar-refractivity contribution in [2.45, 2.75) is 78.2 Å². The van der Waals surface area contributed by atoms with E-state index in [-0.39, 0.29) is 11.4 Å². The zero-order valence-electron chi connectivity index (χ0n) is 18.6. The molecule has 4 rings (SSSR count). The van der Waals surface area contributed by atoms with Crippen molar-refractivity contribution in [1.29, 1.82) is 0 Å². The van der Waals surface area contributed by atoms with E-state index in [9.17, 15) is 4.79 Å². The van der Waals surface area contributed by atoms with Crippen molar-refractivity contribution in [3.05, 3.63) is 39.1 Å². The summed E-state index contributed by atoms with van der Waals surface area (Å²) in [5.41, 5.74) is 4.32. The SMILES string of the molecule is Cc1csc(CCCCNC(=O)c2cc(C3CC3)nc3c2c(C)nn3C(C)(C)C)n1. The van der Waals surface area contributed by atoms with Crippen LogP contribution in [-0.2, 0) is 12.0 Å². The Kier molecular flexibility index (Phi) is 5.66. The molecule has 1 aliphatic rings. The van der Waals surface area contributed by atoms with Crippen LogP contribution >= 0.6 is 11.3 Å². The summed E-state index contributed by atoms with van der Waals surface area (Å²) in [5.74, 6) is 0.456. The first-order valence-corrected chi connectivity index (χ1v) is 11.7. The van der Waals surface area contributed by atoms with Crippen LogP contribution in [-0.4, -0.2) is 32.2 Å². The summed E-state index contributed by atoms with van der Waals surface area (Å²) in [5, 5.41) is 12.0. The third kappa shape index (κ3) is 4.41. The number of amides is 1. The molecule has 0 atom stereocenters. The van der Waals surface area contributed by atoms with Crippen molar-refractivity contribution in [3.8, 4) is 0 Å². The van der Waals surface area contributed by atoms with E-state index < -0.39 is 0 Å². The number of unbranched alkanes of at least 4 members (excludes halogenated alkanes) is 1. The molecule has 0 aliphatic heterocycles. The molecule has 3 heterocycles. The van der Waals surface area contributed by atoms with E-state index in [4.69, 9.17) is 10.1 Å². The van der Waals surface area contributed by atoms with Crippen LogP contribution in [0.4, 0.5) is 0 Å². The molecule has 1 saturated carbocycles. The van der Waals surface area contributed by atoms with Crippen molar-refractivity contribution >= 4 is 28.3 Å². The zero-order valence-corrected chi connectivity index (χ0v) is 19.4. The van der Waals surface area contributed by atoms with Gasteiger partial charge in [0.1, 0.15) is 0 Å². The normalized spacial score (nSPS) is 14.4.